The monoisotopic (exact) mass is 408 g/mol. The summed E-state index contributed by atoms with van der Waals surface area (Å²) in [5.74, 6) is -0.583. The molecule has 2 fully saturated rings. The minimum Gasteiger partial charge on any atom is -0.378 e. The van der Waals surface area contributed by atoms with E-state index in [2.05, 4.69) is 0 Å². The zero-order valence-corrected chi connectivity index (χ0v) is 17.0. The Labute approximate surface area is 175 Å². The van der Waals surface area contributed by atoms with Crippen molar-refractivity contribution in [3.8, 4) is 0 Å². The SMILES string of the molecule is CN(C)c1ccc(C(=O)N2CCN3C(=O)N(OCc4ccccc4)C(=O)C3C2)cc1. The molecule has 4 rings (SSSR count). The van der Waals surface area contributed by atoms with Crippen molar-refractivity contribution >= 4 is 23.5 Å². The lowest BCUT2D eigenvalue weighted by Gasteiger charge is -2.35. The molecule has 2 aliphatic rings. The number of anilines is 1. The van der Waals surface area contributed by atoms with Gasteiger partial charge < -0.3 is 14.7 Å². The van der Waals surface area contributed by atoms with Gasteiger partial charge in [0, 0.05) is 38.4 Å². The fourth-order valence-corrected chi connectivity index (χ4v) is 3.67. The fraction of sp³-hybridized carbons (Fsp3) is 0.318. The molecular weight excluding hydrogens is 384 g/mol. The molecule has 1 atom stereocenters. The lowest BCUT2D eigenvalue weighted by Crippen LogP contribution is -2.54. The van der Waals surface area contributed by atoms with E-state index >= 15 is 0 Å². The predicted octanol–water partition coefficient (Wildman–Crippen LogP) is 1.97. The number of carbonyl (C=O) groups excluding carboxylic acids is 3. The van der Waals surface area contributed by atoms with Crippen LogP contribution in [-0.4, -0.2) is 72.5 Å². The topological polar surface area (TPSA) is 73.4 Å². The Kier molecular flexibility index (Phi) is 5.41. The van der Waals surface area contributed by atoms with Crippen molar-refractivity contribution in [3.05, 3.63) is 65.7 Å². The summed E-state index contributed by atoms with van der Waals surface area (Å²) in [4.78, 5) is 48.9. The average Bonchev–Trinajstić information content (AvgIpc) is 3.01. The van der Waals surface area contributed by atoms with Crippen molar-refractivity contribution in [2.45, 2.75) is 12.6 Å². The van der Waals surface area contributed by atoms with E-state index in [-0.39, 0.29) is 19.1 Å². The Bertz CT molecular complexity index is 945. The van der Waals surface area contributed by atoms with Crippen LogP contribution in [0.4, 0.5) is 10.5 Å². The van der Waals surface area contributed by atoms with Crippen LogP contribution in [-0.2, 0) is 16.2 Å². The number of rotatable bonds is 5. The summed E-state index contributed by atoms with van der Waals surface area (Å²) in [6, 6.07) is 15.5. The number of piperazine rings is 1. The number of amides is 4. The van der Waals surface area contributed by atoms with E-state index in [1.54, 1.807) is 17.0 Å². The maximum absolute atomic E-state index is 12.9. The molecule has 156 valence electrons. The van der Waals surface area contributed by atoms with Crippen LogP contribution in [0.3, 0.4) is 0 Å². The third-order valence-electron chi connectivity index (χ3n) is 5.41. The largest absolute Gasteiger partial charge is 0.378 e. The number of hydrogen-bond acceptors (Lipinski definition) is 5. The molecule has 0 spiro atoms. The highest BCUT2D eigenvalue weighted by Crippen LogP contribution is 2.24. The maximum atomic E-state index is 12.9. The smallest absolute Gasteiger partial charge is 0.352 e. The van der Waals surface area contributed by atoms with Gasteiger partial charge in [0.05, 0.1) is 6.54 Å². The molecule has 0 N–H and O–H groups in total. The number of imide groups is 1. The lowest BCUT2D eigenvalue weighted by atomic mass is 10.1. The van der Waals surface area contributed by atoms with E-state index in [0.717, 1.165) is 16.3 Å². The van der Waals surface area contributed by atoms with Crippen molar-refractivity contribution in [2.24, 2.45) is 0 Å². The van der Waals surface area contributed by atoms with Crippen molar-refractivity contribution in [1.82, 2.24) is 14.9 Å². The second kappa shape index (κ2) is 8.16. The fourth-order valence-electron chi connectivity index (χ4n) is 3.67. The van der Waals surface area contributed by atoms with Gasteiger partial charge in [-0.25, -0.2) is 4.79 Å². The number of hydroxylamine groups is 2. The number of carbonyl (C=O) groups is 3. The normalized spacial score (nSPS) is 18.6. The van der Waals surface area contributed by atoms with Gasteiger partial charge in [0.25, 0.3) is 11.8 Å². The van der Waals surface area contributed by atoms with Gasteiger partial charge in [-0.3, -0.25) is 14.4 Å². The van der Waals surface area contributed by atoms with Gasteiger partial charge in [-0.15, -0.1) is 5.06 Å². The van der Waals surface area contributed by atoms with E-state index in [9.17, 15) is 14.4 Å². The molecule has 8 nitrogen and oxygen atoms in total. The van der Waals surface area contributed by atoms with Crippen LogP contribution in [0.25, 0.3) is 0 Å². The average molecular weight is 408 g/mol. The van der Waals surface area contributed by atoms with Crippen LogP contribution >= 0.6 is 0 Å². The minimum absolute atomic E-state index is 0.125. The highest BCUT2D eigenvalue weighted by molar-refractivity contribution is 6.04. The number of urea groups is 1. The van der Waals surface area contributed by atoms with Crippen molar-refractivity contribution in [1.29, 1.82) is 0 Å². The zero-order chi connectivity index (χ0) is 21.3. The van der Waals surface area contributed by atoms with Gasteiger partial charge in [-0.1, -0.05) is 30.3 Å². The minimum atomic E-state index is -0.716. The molecule has 0 radical (unpaired) electrons. The van der Waals surface area contributed by atoms with Crippen molar-refractivity contribution < 1.29 is 19.2 Å². The van der Waals surface area contributed by atoms with E-state index in [0.29, 0.717) is 18.7 Å². The number of hydrogen-bond donors (Lipinski definition) is 0. The molecule has 2 aromatic carbocycles. The zero-order valence-electron chi connectivity index (χ0n) is 17.0. The molecular formula is C22H24N4O4. The third kappa shape index (κ3) is 3.73. The molecule has 2 heterocycles. The molecule has 0 saturated carbocycles. The first-order chi connectivity index (χ1) is 14.5. The van der Waals surface area contributed by atoms with Crippen LogP contribution in [0.2, 0.25) is 0 Å². The molecule has 0 bridgehead atoms. The van der Waals surface area contributed by atoms with Crippen LogP contribution < -0.4 is 4.90 Å². The first kappa shape index (κ1) is 19.9. The maximum Gasteiger partial charge on any atom is 0.352 e. The highest BCUT2D eigenvalue weighted by atomic mass is 16.7. The molecule has 0 aromatic heterocycles. The molecule has 2 aromatic rings. The number of benzene rings is 2. The summed E-state index contributed by atoms with van der Waals surface area (Å²) in [6.45, 7) is 0.946. The van der Waals surface area contributed by atoms with Crippen molar-refractivity contribution in [2.75, 3.05) is 38.6 Å². The molecule has 1 unspecified atom stereocenters. The predicted molar refractivity (Wildman–Crippen MR) is 111 cm³/mol. The van der Waals surface area contributed by atoms with E-state index in [1.165, 1.54) is 4.90 Å². The van der Waals surface area contributed by atoms with Gasteiger partial charge in [-0.05, 0) is 29.8 Å². The van der Waals surface area contributed by atoms with Gasteiger partial charge in [0.1, 0.15) is 12.6 Å². The first-order valence-electron chi connectivity index (χ1n) is 9.84. The Morgan fingerprint density at radius 2 is 1.73 bits per heavy atom. The lowest BCUT2D eigenvalue weighted by molar-refractivity contribution is -0.167. The summed E-state index contributed by atoms with van der Waals surface area (Å²) in [7, 11) is 3.87. The van der Waals surface area contributed by atoms with Crippen LogP contribution in [0.1, 0.15) is 15.9 Å². The summed E-state index contributed by atoms with van der Waals surface area (Å²) in [6.07, 6.45) is 0. The van der Waals surface area contributed by atoms with Crippen LogP contribution in [0.5, 0.6) is 0 Å². The Morgan fingerprint density at radius 3 is 2.40 bits per heavy atom. The van der Waals surface area contributed by atoms with E-state index < -0.39 is 18.0 Å². The number of nitrogens with zero attached hydrogens (tertiary/aromatic N) is 4. The van der Waals surface area contributed by atoms with E-state index in [4.69, 9.17) is 4.84 Å². The van der Waals surface area contributed by atoms with Gasteiger partial charge in [0.15, 0.2) is 0 Å². The second-order valence-corrected chi connectivity index (χ2v) is 7.58. The molecule has 2 aliphatic heterocycles. The van der Waals surface area contributed by atoms with Gasteiger partial charge in [0.2, 0.25) is 0 Å². The summed E-state index contributed by atoms with van der Waals surface area (Å²) in [5.41, 5.74) is 2.42. The number of fused-ring (bicyclic) bond motifs is 1. The van der Waals surface area contributed by atoms with Gasteiger partial charge >= 0.3 is 6.03 Å². The third-order valence-corrected chi connectivity index (χ3v) is 5.41. The highest BCUT2D eigenvalue weighted by Gasteiger charge is 2.49. The Balaban J connectivity index is 1.42. The standard InChI is InChI=1S/C22H24N4O4/c1-23(2)18-10-8-17(9-11-18)20(27)24-12-13-25-19(14-24)21(28)26(22(25)29)30-15-16-6-4-3-5-7-16/h3-11,19H,12-15H2,1-2H3. The van der Waals surface area contributed by atoms with E-state index in [1.807, 2.05) is 61.5 Å². The summed E-state index contributed by atoms with van der Waals surface area (Å²) < 4.78 is 0. The van der Waals surface area contributed by atoms with Crippen molar-refractivity contribution in [3.63, 3.8) is 0 Å². The quantitative estimate of drug-likeness (QED) is 0.708. The summed E-state index contributed by atoms with van der Waals surface area (Å²) >= 11 is 0. The molecule has 0 aliphatic carbocycles. The molecule has 4 amide bonds. The second-order valence-electron chi connectivity index (χ2n) is 7.58. The molecule has 8 heteroatoms. The molecule has 2 saturated heterocycles. The molecule has 30 heavy (non-hydrogen) atoms. The first-order valence-corrected chi connectivity index (χ1v) is 9.84. The van der Waals surface area contributed by atoms with Crippen LogP contribution in [0, 0.1) is 0 Å². The summed E-state index contributed by atoms with van der Waals surface area (Å²) in [5, 5.41) is 0.831. The van der Waals surface area contributed by atoms with Gasteiger partial charge in [-0.2, -0.15) is 0 Å². The Hall–Kier alpha value is -3.39. The Morgan fingerprint density at radius 1 is 1.03 bits per heavy atom. The van der Waals surface area contributed by atoms with Crippen LogP contribution in [0.15, 0.2) is 54.6 Å².